The fourth-order valence-corrected chi connectivity index (χ4v) is 3.10. The third-order valence-corrected chi connectivity index (χ3v) is 4.97. The van der Waals surface area contributed by atoms with Gasteiger partial charge < -0.3 is 20.0 Å². The van der Waals surface area contributed by atoms with Gasteiger partial charge in [-0.1, -0.05) is 0 Å². The van der Waals surface area contributed by atoms with Gasteiger partial charge in [-0.15, -0.1) is 5.11 Å². The van der Waals surface area contributed by atoms with Gasteiger partial charge in [0.05, 0.1) is 44.0 Å². The van der Waals surface area contributed by atoms with Crippen molar-refractivity contribution in [3.63, 3.8) is 0 Å². The maximum absolute atomic E-state index is 14.2. The number of halogens is 1. The van der Waals surface area contributed by atoms with Gasteiger partial charge in [-0.3, -0.25) is 10.1 Å². The predicted octanol–water partition coefficient (Wildman–Crippen LogP) is 4.65. The summed E-state index contributed by atoms with van der Waals surface area (Å²) in [4.78, 5) is 24.0. The largest absolute Gasteiger partial charge is 0.378 e. The fraction of sp³-hybridized carbons (Fsp3) is 0.348. The van der Waals surface area contributed by atoms with Gasteiger partial charge in [-0.25, -0.2) is 0 Å². The highest BCUT2D eigenvalue weighted by molar-refractivity contribution is 5.74. The number of nitrogens with zero attached hydrogens (tertiary/aromatic N) is 8. The average molecular weight is 498 g/mol. The Morgan fingerprint density at radius 3 is 2.36 bits per heavy atom. The highest BCUT2D eigenvalue weighted by Gasteiger charge is 2.12. The zero-order valence-electron chi connectivity index (χ0n) is 20.9. The normalized spacial score (nSPS) is 11.5. The van der Waals surface area contributed by atoms with Gasteiger partial charge in [0.2, 0.25) is 11.9 Å². The molecule has 13 heteroatoms. The van der Waals surface area contributed by atoms with Crippen LogP contribution in [-0.2, 0) is 0 Å². The van der Waals surface area contributed by atoms with Crippen molar-refractivity contribution >= 4 is 40.3 Å². The average Bonchev–Trinajstić information content (AvgIpc) is 2.80. The summed E-state index contributed by atoms with van der Waals surface area (Å²) in [5, 5.41) is 25.3. The summed E-state index contributed by atoms with van der Waals surface area (Å²) < 4.78 is 15.0. The lowest BCUT2D eigenvalue weighted by Gasteiger charge is -2.23. The zero-order chi connectivity index (χ0) is 26.3. The van der Waals surface area contributed by atoms with Crippen LogP contribution in [-0.4, -0.2) is 72.7 Å². The summed E-state index contributed by atoms with van der Waals surface area (Å²) in [7, 11) is 10.1. The lowest BCUT2D eigenvalue weighted by atomic mass is 10.2. The molecule has 0 saturated heterocycles. The number of non-ortho nitro benzene ring substituents is 1. The second kappa shape index (κ2) is 11.4. The Bertz CT molecular complexity index is 1230. The second-order valence-electron chi connectivity index (χ2n) is 9.24. The summed E-state index contributed by atoms with van der Waals surface area (Å²) in [6, 6.07) is 11.1. The molecule has 3 aromatic rings. The number of aromatic nitrogens is 3. The topological polar surface area (TPSA) is 134 Å². The van der Waals surface area contributed by atoms with Crippen molar-refractivity contribution in [2.24, 2.45) is 10.2 Å². The van der Waals surface area contributed by atoms with Crippen LogP contribution >= 0.6 is 0 Å². The van der Waals surface area contributed by atoms with Crippen LogP contribution in [0.4, 0.5) is 44.7 Å². The Morgan fingerprint density at radius 2 is 1.72 bits per heavy atom. The number of nitro benzene ring substituents is 1. The van der Waals surface area contributed by atoms with Crippen LogP contribution in [0.2, 0.25) is 0 Å². The summed E-state index contributed by atoms with van der Waals surface area (Å²) in [6.45, 7) is 1.52. The number of rotatable bonds is 11. The molecule has 12 nitrogen and oxygen atoms in total. The Balaban J connectivity index is 1.82. The van der Waals surface area contributed by atoms with Crippen LogP contribution in [0.15, 0.2) is 52.7 Å². The van der Waals surface area contributed by atoms with E-state index in [9.17, 15) is 14.5 Å². The van der Waals surface area contributed by atoms with E-state index in [1.807, 2.05) is 25.1 Å². The molecular formula is C23H30FN10O2+. The molecule has 3 rings (SSSR count). The van der Waals surface area contributed by atoms with Crippen molar-refractivity contribution in [1.82, 2.24) is 15.0 Å². The van der Waals surface area contributed by atoms with Gasteiger partial charge in [0.25, 0.3) is 5.69 Å². The van der Waals surface area contributed by atoms with Crippen molar-refractivity contribution in [3.8, 4) is 0 Å². The first kappa shape index (κ1) is 26.3. The van der Waals surface area contributed by atoms with E-state index in [4.69, 9.17) is 0 Å². The van der Waals surface area contributed by atoms with E-state index in [0.29, 0.717) is 23.6 Å². The minimum atomic E-state index is -0.917. The van der Waals surface area contributed by atoms with Crippen LogP contribution in [0.3, 0.4) is 0 Å². The van der Waals surface area contributed by atoms with Crippen molar-refractivity contribution in [3.05, 3.63) is 58.7 Å². The summed E-state index contributed by atoms with van der Waals surface area (Å²) in [6.07, 6.45) is -0.0585. The zero-order valence-corrected chi connectivity index (χ0v) is 20.9. The quantitative estimate of drug-likeness (QED) is 0.129. The molecule has 2 aromatic carbocycles. The molecule has 0 aliphatic heterocycles. The number of azo groups is 1. The lowest BCUT2D eigenvalue weighted by Crippen LogP contribution is -2.36. The third-order valence-electron chi connectivity index (χ3n) is 4.97. The molecule has 0 bridgehead atoms. The van der Waals surface area contributed by atoms with E-state index in [1.54, 1.807) is 12.1 Å². The van der Waals surface area contributed by atoms with Gasteiger partial charge in [-0.05, 0) is 30.3 Å². The van der Waals surface area contributed by atoms with Crippen LogP contribution in [0.1, 0.15) is 6.42 Å². The second-order valence-corrected chi connectivity index (χ2v) is 9.24. The molecule has 0 atom stereocenters. The Morgan fingerprint density at radius 1 is 1.03 bits per heavy atom. The Labute approximate surface area is 208 Å². The van der Waals surface area contributed by atoms with Crippen molar-refractivity contribution < 1.29 is 13.8 Å². The van der Waals surface area contributed by atoms with E-state index < -0.39 is 11.0 Å². The molecule has 36 heavy (non-hydrogen) atoms. The fourth-order valence-electron chi connectivity index (χ4n) is 3.10. The first-order chi connectivity index (χ1) is 17.0. The van der Waals surface area contributed by atoms with Gasteiger partial charge >= 0.3 is 6.08 Å². The number of benzene rings is 2. The molecule has 1 heterocycles. The SMILES string of the molecule is CN(C)c1ccc(N=Nc2ccc([N+](=O)[O-])cc2)c(Nc2nc(F)nc(NCCC[N+](C)(C)C)n2)c1. The minimum Gasteiger partial charge on any atom is -0.378 e. The number of quaternary nitrogens is 1. The summed E-state index contributed by atoms with van der Waals surface area (Å²) in [5.41, 5.74) is 2.20. The van der Waals surface area contributed by atoms with Gasteiger partial charge in [0, 0.05) is 44.9 Å². The number of nitro groups is 1. The first-order valence-corrected chi connectivity index (χ1v) is 11.2. The number of hydrogen-bond donors (Lipinski definition) is 2. The Kier molecular flexibility index (Phi) is 8.38. The molecule has 190 valence electrons. The minimum absolute atomic E-state index is 0.0132. The van der Waals surface area contributed by atoms with E-state index >= 15 is 0 Å². The van der Waals surface area contributed by atoms with Gasteiger partial charge in [0.1, 0.15) is 5.69 Å². The smallest absolute Gasteiger partial charge is 0.315 e. The van der Waals surface area contributed by atoms with E-state index in [1.165, 1.54) is 24.3 Å². The van der Waals surface area contributed by atoms with Gasteiger partial charge in [-0.2, -0.15) is 24.5 Å². The summed E-state index contributed by atoms with van der Waals surface area (Å²) >= 11 is 0. The number of nitrogens with one attached hydrogen (secondary N) is 2. The van der Waals surface area contributed by atoms with Crippen molar-refractivity contribution in [2.75, 3.05) is 63.9 Å². The van der Waals surface area contributed by atoms with E-state index in [0.717, 1.165) is 23.1 Å². The molecule has 0 fully saturated rings. The highest BCUT2D eigenvalue weighted by Crippen LogP contribution is 2.33. The van der Waals surface area contributed by atoms with Crippen LogP contribution < -0.4 is 15.5 Å². The van der Waals surface area contributed by atoms with Gasteiger partial charge in [0.15, 0.2) is 0 Å². The molecule has 0 saturated carbocycles. The molecule has 0 unspecified atom stereocenters. The monoisotopic (exact) mass is 497 g/mol. The van der Waals surface area contributed by atoms with E-state index in [2.05, 4.69) is 57.0 Å². The highest BCUT2D eigenvalue weighted by atomic mass is 19.1. The van der Waals surface area contributed by atoms with Crippen molar-refractivity contribution in [2.45, 2.75) is 6.42 Å². The third kappa shape index (κ3) is 7.91. The molecule has 0 spiro atoms. The summed E-state index contributed by atoms with van der Waals surface area (Å²) in [5.74, 6) is 0.142. The molecule has 0 radical (unpaired) electrons. The number of hydrogen-bond acceptors (Lipinski definition) is 10. The molecular weight excluding hydrogens is 467 g/mol. The molecule has 0 amide bonds. The van der Waals surface area contributed by atoms with Crippen molar-refractivity contribution in [1.29, 1.82) is 0 Å². The first-order valence-electron chi connectivity index (χ1n) is 11.2. The number of anilines is 4. The van der Waals surface area contributed by atoms with Crippen LogP contribution in [0.25, 0.3) is 0 Å². The standard InChI is InChI=1S/C23H30FN10O2/c1-32(2)18-11-12-19(31-30-16-7-9-17(10-8-16)33(35)36)20(15-18)26-23-28-21(24)27-22(29-23)25-13-6-14-34(3,4)5/h7-12,15H,6,13-14H2,1-5H3,(H2,25,26,27,28,29)/q+1. The predicted molar refractivity (Wildman–Crippen MR) is 137 cm³/mol. The molecule has 1 aromatic heterocycles. The maximum Gasteiger partial charge on any atom is 0.315 e. The van der Waals surface area contributed by atoms with Crippen LogP contribution in [0, 0.1) is 16.2 Å². The van der Waals surface area contributed by atoms with Crippen LogP contribution in [0.5, 0.6) is 0 Å². The van der Waals surface area contributed by atoms with E-state index in [-0.39, 0.29) is 17.6 Å². The molecule has 0 aliphatic carbocycles. The molecule has 0 aliphatic rings. The maximum atomic E-state index is 14.2. The molecule has 2 N–H and O–H groups in total. The Hall–Kier alpha value is -4.26. The lowest BCUT2D eigenvalue weighted by molar-refractivity contribution is -0.870.